The Balaban J connectivity index is 2.14. The second kappa shape index (κ2) is 20.4. The lowest BCUT2D eigenvalue weighted by Gasteiger charge is -2.39. The Morgan fingerprint density at radius 1 is 1.02 bits per heavy atom. The number of ether oxygens (including phenoxy) is 3. The van der Waals surface area contributed by atoms with Gasteiger partial charge in [0.1, 0.15) is 11.0 Å². The van der Waals surface area contributed by atoms with Gasteiger partial charge in [-0.2, -0.15) is 0 Å². The average molecular weight is 711 g/mol. The molecule has 5 amide bonds. The third kappa shape index (κ3) is 11.4. The van der Waals surface area contributed by atoms with Gasteiger partial charge in [0.2, 0.25) is 23.6 Å². The molecule has 1 aliphatic rings. The molecule has 49 heavy (non-hydrogen) atoms. The van der Waals surface area contributed by atoms with Crippen LogP contribution in [0.25, 0.3) is 0 Å². The Labute approximate surface area is 295 Å². The van der Waals surface area contributed by atoms with Gasteiger partial charge in [-0.1, -0.05) is 41.0 Å². The monoisotopic (exact) mass is 710 g/mol. The number of amides is 5. The third-order valence-corrected chi connectivity index (χ3v) is 10.3. The second-order valence-corrected chi connectivity index (χ2v) is 14.0. The third-order valence-electron chi connectivity index (χ3n) is 9.49. The number of carbonyl (C=O) groups excluding carboxylic acids is 5. The predicted molar refractivity (Wildman–Crippen MR) is 187 cm³/mol. The van der Waals surface area contributed by atoms with E-state index in [1.54, 1.807) is 44.0 Å². The van der Waals surface area contributed by atoms with E-state index in [1.807, 2.05) is 33.1 Å². The van der Waals surface area contributed by atoms with E-state index in [1.165, 1.54) is 30.4 Å². The number of hydrogen-bond donors (Lipinski definition) is 2. The zero-order valence-electron chi connectivity index (χ0n) is 30.9. The molecular formula is C34H58N6O8S. The lowest BCUT2D eigenvalue weighted by Crippen LogP contribution is -2.55. The van der Waals surface area contributed by atoms with Crippen molar-refractivity contribution >= 4 is 41.1 Å². The van der Waals surface area contributed by atoms with E-state index in [0.29, 0.717) is 25.9 Å². The number of thiazole rings is 1. The van der Waals surface area contributed by atoms with Crippen molar-refractivity contribution in [3.05, 3.63) is 16.6 Å². The van der Waals surface area contributed by atoms with Crippen LogP contribution in [0.1, 0.15) is 72.2 Å². The molecule has 0 aliphatic carbocycles. The van der Waals surface area contributed by atoms with Crippen molar-refractivity contribution in [2.45, 2.75) is 104 Å². The van der Waals surface area contributed by atoms with E-state index in [2.05, 4.69) is 15.6 Å². The topological polar surface area (TPSA) is 160 Å². The first-order chi connectivity index (χ1) is 23.2. The maximum Gasteiger partial charge on any atom is 0.410 e. The molecule has 1 saturated heterocycles. The first-order valence-electron chi connectivity index (χ1n) is 17.2. The van der Waals surface area contributed by atoms with E-state index in [4.69, 9.17) is 14.2 Å². The minimum absolute atomic E-state index is 0.0206. The van der Waals surface area contributed by atoms with Gasteiger partial charge < -0.3 is 34.6 Å². The van der Waals surface area contributed by atoms with E-state index in [0.717, 1.165) is 11.4 Å². The van der Waals surface area contributed by atoms with Crippen LogP contribution in [-0.4, -0.2) is 128 Å². The van der Waals surface area contributed by atoms with Crippen molar-refractivity contribution in [3.8, 4) is 0 Å². The molecule has 0 bridgehead atoms. The molecule has 14 nitrogen and oxygen atoms in total. The minimum atomic E-state index is -0.831. The van der Waals surface area contributed by atoms with Gasteiger partial charge in [-0.25, -0.2) is 9.78 Å². The number of methoxy groups -OCH3 is 2. The Hall–Kier alpha value is -3.30. The Morgan fingerprint density at radius 3 is 2.27 bits per heavy atom. The van der Waals surface area contributed by atoms with Crippen LogP contribution < -0.4 is 10.6 Å². The zero-order valence-corrected chi connectivity index (χ0v) is 31.7. The first kappa shape index (κ1) is 41.9. The molecule has 0 aromatic carbocycles. The molecule has 0 saturated carbocycles. The first-order valence-corrected chi connectivity index (χ1v) is 18.1. The van der Waals surface area contributed by atoms with E-state index >= 15 is 0 Å². The van der Waals surface area contributed by atoms with Crippen LogP contribution in [0.2, 0.25) is 0 Å². The number of aromatic nitrogens is 1. The van der Waals surface area contributed by atoms with Crippen LogP contribution in [0.15, 0.2) is 11.6 Å². The lowest BCUT2D eigenvalue weighted by molar-refractivity contribution is -0.146. The number of nitrogens with zero attached hydrogens (tertiary/aromatic N) is 4. The summed E-state index contributed by atoms with van der Waals surface area (Å²) in [5.41, 5.74) is 0. The van der Waals surface area contributed by atoms with E-state index < -0.39 is 42.2 Å². The van der Waals surface area contributed by atoms with Crippen LogP contribution in [0, 0.1) is 17.8 Å². The molecule has 2 rings (SSSR count). The summed E-state index contributed by atoms with van der Waals surface area (Å²) in [6, 6.07) is -1.60. The standard InChI is InChI=1S/C34H58N6O8S/c1-11-22(5)30(38(7)28(42)20-37-33(44)29(21(3)4)39(8)34(45)48-12-2)25(46-9)18-27(41)40-16-13-14-24(40)31(47-10)23(6)32(43)36-19-26-35-15-17-49-26/h15,17,21-25,29-31H,11-14,16,18-20H2,1-10H3,(H,36,43)(H,37,44)/t22-,23+,24-,25+,29?,30-,31+/m0/s1. The van der Waals surface area contributed by atoms with Crippen molar-refractivity contribution < 1.29 is 38.2 Å². The van der Waals surface area contributed by atoms with Crippen molar-refractivity contribution in [2.75, 3.05) is 48.0 Å². The summed E-state index contributed by atoms with van der Waals surface area (Å²) in [5, 5.41) is 8.28. The summed E-state index contributed by atoms with van der Waals surface area (Å²) in [6.45, 7) is 11.9. The number of nitrogens with one attached hydrogen (secondary N) is 2. The predicted octanol–water partition coefficient (Wildman–Crippen LogP) is 2.91. The summed E-state index contributed by atoms with van der Waals surface area (Å²) in [6.07, 6.45) is 2.13. The van der Waals surface area contributed by atoms with Crippen LogP contribution in [0.3, 0.4) is 0 Å². The van der Waals surface area contributed by atoms with Gasteiger partial charge in [-0.15, -0.1) is 11.3 Å². The number of rotatable bonds is 19. The highest BCUT2D eigenvalue weighted by Crippen LogP contribution is 2.29. The fourth-order valence-corrected chi connectivity index (χ4v) is 7.20. The average Bonchev–Trinajstić information content (AvgIpc) is 3.78. The number of carbonyl (C=O) groups is 5. The molecule has 1 aromatic heterocycles. The second-order valence-electron chi connectivity index (χ2n) is 13.0. The fraction of sp³-hybridized carbons (Fsp3) is 0.765. The molecule has 1 aromatic rings. The molecule has 2 heterocycles. The van der Waals surface area contributed by atoms with E-state index in [-0.39, 0.29) is 55.2 Å². The SMILES string of the molecule is CCOC(=O)N(C)C(C(=O)NCC(=O)N(C)[C@@H]([C@@H](C)CC)[C@@H](CC(=O)N1CCC[C@H]1[C@H](OC)[C@@H](C)C(=O)NCc1nccs1)OC)C(C)C. The normalized spacial score (nSPS) is 18.2. The van der Waals surface area contributed by atoms with Crippen molar-refractivity contribution in [1.29, 1.82) is 0 Å². The van der Waals surface area contributed by atoms with Gasteiger partial charge in [-0.3, -0.25) is 24.1 Å². The summed E-state index contributed by atoms with van der Waals surface area (Å²) in [5.74, 6) is -1.92. The molecule has 1 aliphatic heterocycles. The van der Waals surface area contributed by atoms with Gasteiger partial charge in [0.25, 0.3) is 0 Å². The summed E-state index contributed by atoms with van der Waals surface area (Å²) in [7, 11) is 6.23. The molecule has 1 unspecified atom stereocenters. The van der Waals surface area contributed by atoms with Crippen molar-refractivity contribution in [1.82, 2.24) is 30.3 Å². The lowest BCUT2D eigenvalue weighted by atomic mass is 9.90. The largest absolute Gasteiger partial charge is 0.450 e. The smallest absolute Gasteiger partial charge is 0.410 e. The molecule has 2 N–H and O–H groups in total. The molecule has 15 heteroatoms. The molecule has 0 radical (unpaired) electrons. The number of likely N-dealkylation sites (N-methyl/N-ethyl adjacent to an activating group) is 2. The van der Waals surface area contributed by atoms with Gasteiger partial charge >= 0.3 is 6.09 Å². The van der Waals surface area contributed by atoms with Crippen LogP contribution in [0.5, 0.6) is 0 Å². The highest BCUT2D eigenvalue weighted by atomic mass is 32.1. The Kier molecular flexibility index (Phi) is 17.4. The number of likely N-dealkylation sites (tertiary alicyclic amines) is 1. The van der Waals surface area contributed by atoms with Crippen molar-refractivity contribution in [2.24, 2.45) is 17.8 Å². The molecule has 7 atom stereocenters. The summed E-state index contributed by atoms with van der Waals surface area (Å²) in [4.78, 5) is 74.7. The van der Waals surface area contributed by atoms with Gasteiger partial charge in [0.05, 0.1) is 56.3 Å². The Morgan fingerprint density at radius 2 is 1.71 bits per heavy atom. The summed E-state index contributed by atoms with van der Waals surface area (Å²) < 4.78 is 16.8. The highest BCUT2D eigenvalue weighted by molar-refractivity contribution is 7.09. The highest BCUT2D eigenvalue weighted by Gasteiger charge is 2.42. The minimum Gasteiger partial charge on any atom is -0.450 e. The fourth-order valence-electron chi connectivity index (χ4n) is 6.65. The van der Waals surface area contributed by atoms with E-state index in [9.17, 15) is 24.0 Å². The van der Waals surface area contributed by atoms with Gasteiger partial charge in [0.15, 0.2) is 0 Å². The maximum atomic E-state index is 13.9. The molecule has 0 spiro atoms. The van der Waals surface area contributed by atoms with Crippen LogP contribution in [0.4, 0.5) is 4.79 Å². The van der Waals surface area contributed by atoms with Crippen molar-refractivity contribution in [3.63, 3.8) is 0 Å². The maximum absolute atomic E-state index is 13.9. The molecular weight excluding hydrogens is 652 g/mol. The van der Waals surface area contributed by atoms with Gasteiger partial charge in [-0.05, 0) is 31.6 Å². The molecule has 278 valence electrons. The van der Waals surface area contributed by atoms with Gasteiger partial charge in [0, 0.05) is 46.4 Å². The van der Waals surface area contributed by atoms with Crippen LogP contribution >= 0.6 is 11.3 Å². The quantitative estimate of drug-likeness (QED) is 0.220. The molecule has 1 fully saturated rings. The van der Waals surface area contributed by atoms with Crippen LogP contribution in [-0.2, 0) is 39.9 Å². The number of hydrogen-bond acceptors (Lipinski definition) is 10. The summed E-state index contributed by atoms with van der Waals surface area (Å²) >= 11 is 1.46. The zero-order chi connectivity index (χ0) is 36.8. The Bertz CT molecular complexity index is 1220.